The molecule has 8 heteroatoms. The van der Waals surface area contributed by atoms with E-state index in [1.807, 2.05) is 30.3 Å². The van der Waals surface area contributed by atoms with Crippen LogP contribution in [0.3, 0.4) is 0 Å². The molecule has 0 saturated heterocycles. The van der Waals surface area contributed by atoms with Crippen LogP contribution in [0, 0.1) is 6.92 Å². The molecular formula is C20H20ClN3O3S. The van der Waals surface area contributed by atoms with Gasteiger partial charge in [0.2, 0.25) is 0 Å². The van der Waals surface area contributed by atoms with E-state index in [1.165, 1.54) is 12.1 Å². The van der Waals surface area contributed by atoms with Gasteiger partial charge in [-0.25, -0.2) is 13.1 Å². The summed E-state index contributed by atoms with van der Waals surface area (Å²) in [7, 11) is -3.46. The summed E-state index contributed by atoms with van der Waals surface area (Å²) in [6, 6.07) is 17.8. The summed E-state index contributed by atoms with van der Waals surface area (Å²) in [6.45, 7) is 2.12. The molecule has 0 saturated carbocycles. The third-order valence-electron chi connectivity index (χ3n) is 4.23. The van der Waals surface area contributed by atoms with Gasteiger partial charge in [-0.15, -0.1) is 0 Å². The summed E-state index contributed by atoms with van der Waals surface area (Å²) < 4.78 is 26.2. The van der Waals surface area contributed by atoms with Crippen LogP contribution in [0.1, 0.15) is 21.6 Å². The van der Waals surface area contributed by atoms with Crippen molar-refractivity contribution in [2.45, 2.75) is 18.4 Å². The number of nitrogens with one attached hydrogen (secondary N) is 1. The van der Waals surface area contributed by atoms with Gasteiger partial charge in [0.1, 0.15) is 5.15 Å². The van der Waals surface area contributed by atoms with Gasteiger partial charge >= 0.3 is 0 Å². The minimum atomic E-state index is -3.46. The minimum absolute atomic E-state index is 0.0182. The zero-order valence-corrected chi connectivity index (χ0v) is 16.9. The molecule has 146 valence electrons. The standard InChI is InChI=1S/C20H20ClN3O3S/c1-15-18(19(21)24(23-15)14-16-8-4-2-5-9-16)20(25)22-12-13-28(26,27)17-10-6-3-7-11-17/h2-11H,12-14H2,1H3,(H,22,25). The van der Waals surface area contributed by atoms with Crippen LogP contribution in [0.2, 0.25) is 5.15 Å². The van der Waals surface area contributed by atoms with Crippen LogP contribution in [0.5, 0.6) is 0 Å². The van der Waals surface area contributed by atoms with E-state index in [9.17, 15) is 13.2 Å². The van der Waals surface area contributed by atoms with Crippen LogP contribution in [-0.4, -0.2) is 36.4 Å². The molecule has 0 spiro atoms. The summed E-state index contributed by atoms with van der Waals surface area (Å²) in [5.74, 6) is -0.637. The number of hydrogen-bond donors (Lipinski definition) is 1. The van der Waals surface area contributed by atoms with Crippen LogP contribution in [-0.2, 0) is 16.4 Å². The first-order valence-corrected chi connectivity index (χ1v) is 10.7. The first kappa shape index (κ1) is 20.1. The van der Waals surface area contributed by atoms with Crippen molar-refractivity contribution in [1.29, 1.82) is 0 Å². The Hall–Kier alpha value is -2.64. The number of aromatic nitrogens is 2. The molecule has 0 bridgehead atoms. The molecule has 1 amide bonds. The van der Waals surface area contributed by atoms with Crippen LogP contribution in [0.25, 0.3) is 0 Å². The van der Waals surface area contributed by atoms with Crippen LogP contribution in [0.15, 0.2) is 65.6 Å². The first-order valence-electron chi connectivity index (χ1n) is 8.71. The largest absolute Gasteiger partial charge is 0.351 e. The summed E-state index contributed by atoms with van der Waals surface area (Å²) in [6.07, 6.45) is 0. The number of carbonyl (C=O) groups excluding carboxylic acids is 1. The van der Waals surface area contributed by atoms with E-state index in [4.69, 9.17) is 11.6 Å². The van der Waals surface area contributed by atoms with Crippen molar-refractivity contribution in [3.63, 3.8) is 0 Å². The van der Waals surface area contributed by atoms with E-state index in [0.717, 1.165) is 5.56 Å². The van der Waals surface area contributed by atoms with Crippen molar-refractivity contribution >= 4 is 27.3 Å². The third kappa shape index (κ3) is 4.61. The average molecular weight is 418 g/mol. The molecule has 1 N–H and O–H groups in total. The number of aryl methyl sites for hydroxylation is 1. The van der Waals surface area contributed by atoms with E-state index in [1.54, 1.807) is 29.8 Å². The Labute approximate surface area is 169 Å². The van der Waals surface area contributed by atoms with Crippen molar-refractivity contribution in [3.8, 4) is 0 Å². The van der Waals surface area contributed by atoms with Crippen LogP contribution < -0.4 is 5.32 Å². The number of halogens is 1. The number of rotatable bonds is 7. The number of hydrogen-bond acceptors (Lipinski definition) is 4. The Bertz CT molecular complexity index is 1060. The van der Waals surface area contributed by atoms with Gasteiger partial charge in [-0.2, -0.15) is 5.10 Å². The lowest BCUT2D eigenvalue weighted by molar-refractivity contribution is 0.0955. The molecule has 0 radical (unpaired) electrons. The summed E-state index contributed by atoms with van der Waals surface area (Å²) in [5.41, 5.74) is 1.76. The van der Waals surface area contributed by atoms with Crippen molar-refractivity contribution in [3.05, 3.63) is 82.6 Å². The van der Waals surface area contributed by atoms with E-state index >= 15 is 0 Å². The van der Waals surface area contributed by atoms with Gasteiger partial charge in [0.05, 0.1) is 28.5 Å². The van der Waals surface area contributed by atoms with Crippen molar-refractivity contribution in [1.82, 2.24) is 15.1 Å². The fourth-order valence-electron chi connectivity index (χ4n) is 2.81. The van der Waals surface area contributed by atoms with Gasteiger partial charge in [-0.05, 0) is 24.6 Å². The van der Waals surface area contributed by atoms with Gasteiger partial charge in [-0.1, -0.05) is 60.1 Å². The molecule has 0 aliphatic carbocycles. The Morgan fingerprint density at radius 1 is 1.07 bits per heavy atom. The number of carbonyl (C=O) groups is 1. The van der Waals surface area contributed by atoms with Gasteiger partial charge < -0.3 is 5.32 Å². The van der Waals surface area contributed by atoms with Crippen LogP contribution in [0.4, 0.5) is 0 Å². The van der Waals surface area contributed by atoms with Gasteiger partial charge in [-0.3, -0.25) is 4.79 Å². The van der Waals surface area contributed by atoms with Gasteiger partial charge in [0.15, 0.2) is 9.84 Å². The molecule has 0 unspecified atom stereocenters. The summed E-state index contributed by atoms with van der Waals surface area (Å²) in [5, 5.41) is 7.19. The maximum absolute atomic E-state index is 12.5. The molecule has 1 heterocycles. The summed E-state index contributed by atoms with van der Waals surface area (Å²) in [4.78, 5) is 12.8. The molecule has 0 atom stereocenters. The quantitative estimate of drug-likeness (QED) is 0.640. The molecule has 28 heavy (non-hydrogen) atoms. The lowest BCUT2D eigenvalue weighted by Crippen LogP contribution is -2.29. The maximum atomic E-state index is 12.5. The van der Waals surface area contributed by atoms with E-state index in [0.29, 0.717) is 12.2 Å². The number of nitrogens with zero attached hydrogens (tertiary/aromatic N) is 2. The average Bonchev–Trinajstić information content (AvgIpc) is 2.96. The highest BCUT2D eigenvalue weighted by Gasteiger charge is 2.21. The van der Waals surface area contributed by atoms with E-state index < -0.39 is 15.7 Å². The Morgan fingerprint density at radius 2 is 1.68 bits per heavy atom. The maximum Gasteiger partial charge on any atom is 0.256 e. The van der Waals surface area contributed by atoms with E-state index in [2.05, 4.69) is 10.4 Å². The van der Waals surface area contributed by atoms with Crippen molar-refractivity contribution in [2.75, 3.05) is 12.3 Å². The topological polar surface area (TPSA) is 81.1 Å². The highest BCUT2D eigenvalue weighted by atomic mass is 35.5. The third-order valence-corrected chi connectivity index (χ3v) is 6.34. The van der Waals surface area contributed by atoms with Gasteiger partial charge in [0.25, 0.3) is 5.91 Å². The molecular weight excluding hydrogens is 398 g/mol. The molecule has 0 aliphatic heterocycles. The zero-order chi connectivity index (χ0) is 20.1. The Balaban J connectivity index is 1.66. The van der Waals surface area contributed by atoms with E-state index in [-0.39, 0.29) is 27.9 Å². The molecule has 0 fully saturated rings. The fraction of sp³-hybridized carbons (Fsp3) is 0.200. The predicted molar refractivity (Wildman–Crippen MR) is 108 cm³/mol. The molecule has 3 aromatic rings. The number of amides is 1. The highest BCUT2D eigenvalue weighted by molar-refractivity contribution is 7.91. The summed E-state index contributed by atoms with van der Waals surface area (Å²) >= 11 is 6.36. The Kier molecular flexibility index (Phi) is 6.16. The second kappa shape index (κ2) is 8.58. The first-order chi connectivity index (χ1) is 13.4. The molecule has 6 nitrogen and oxygen atoms in total. The van der Waals surface area contributed by atoms with Crippen LogP contribution >= 0.6 is 11.6 Å². The van der Waals surface area contributed by atoms with Crippen molar-refractivity contribution in [2.24, 2.45) is 0 Å². The molecule has 0 aliphatic rings. The lowest BCUT2D eigenvalue weighted by atomic mass is 10.2. The SMILES string of the molecule is Cc1nn(Cc2ccccc2)c(Cl)c1C(=O)NCCS(=O)(=O)c1ccccc1. The highest BCUT2D eigenvalue weighted by Crippen LogP contribution is 2.21. The minimum Gasteiger partial charge on any atom is -0.351 e. The smallest absolute Gasteiger partial charge is 0.256 e. The molecule has 3 rings (SSSR count). The second-order valence-electron chi connectivity index (χ2n) is 6.28. The second-order valence-corrected chi connectivity index (χ2v) is 8.75. The monoisotopic (exact) mass is 417 g/mol. The lowest BCUT2D eigenvalue weighted by Gasteiger charge is -2.07. The Morgan fingerprint density at radius 3 is 2.32 bits per heavy atom. The predicted octanol–water partition coefficient (Wildman–Crippen LogP) is 3.10. The zero-order valence-electron chi connectivity index (χ0n) is 15.3. The van der Waals surface area contributed by atoms with Gasteiger partial charge in [0, 0.05) is 6.54 Å². The number of benzene rings is 2. The number of sulfone groups is 1. The van der Waals surface area contributed by atoms with Crippen molar-refractivity contribution < 1.29 is 13.2 Å². The molecule has 1 aromatic heterocycles. The normalized spacial score (nSPS) is 11.4. The fourth-order valence-corrected chi connectivity index (χ4v) is 4.30. The molecule has 2 aromatic carbocycles.